The van der Waals surface area contributed by atoms with Crippen LogP contribution in [0.15, 0.2) is 15.8 Å². The van der Waals surface area contributed by atoms with Gasteiger partial charge in [0.2, 0.25) is 0 Å². The summed E-state index contributed by atoms with van der Waals surface area (Å²) in [6.07, 6.45) is 0.892. The molecule has 0 aliphatic heterocycles. The van der Waals surface area contributed by atoms with E-state index in [0.717, 1.165) is 4.57 Å². The van der Waals surface area contributed by atoms with Crippen molar-refractivity contribution < 1.29 is 14.3 Å². The monoisotopic (exact) mass is 254 g/mol. The van der Waals surface area contributed by atoms with Crippen LogP contribution in [0.5, 0.6) is 0 Å². The van der Waals surface area contributed by atoms with Crippen molar-refractivity contribution in [3.63, 3.8) is 0 Å². The minimum Gasteiger partial charge on any atom is -0.466 e. The van der Waals surface area contributed by atoms with Crippen LogP contribution in [0, 0.1) is 6.92 Å². The Morgan fingerprint density at radius 2 is 2.06 bits per heavy atom. The summed E-state index contributed by atoms with van der Waals surface area (Å²) in [4.78, 5) is 47.1. The van der Waals surface area contributed by atoms with Crippen LogP contribution in [-0.4, -0.2) is 27.9 Å². The number of aromatic nitrogens is 2. The first-order valence-corrected chi connectivity index (χ1v) is 5.41. The Labute approximate surface area is 102 Å². The molecule has 0 saturated carbocycles. The SMILES string of the molecule is CCOC(=O)CC(=O)Cn1cc(C)c(=O)[nH]c1=O. The van der Waals surface area contributed by atoms with Crippen molar-refractivity contribution in [1.29, 1.82) is 0 Å². The van der Waals surface area contributed by atoms with Gasteiger partial charge in [-0.15, -0.1) is 0 Å². The number of aromatic amines is 1. The standard InChI is InChI=1S/C11H14N2O5/c1-3-18-9(15)4-8(14)6-13-5-7(2)10(16)12-11(13)17/h5H,3-4,6H2,1-2H3,(H,12,16,17). The molecule has 0 spiro atoms. The van der Waals surface area contributed by atoms with Gasteiger partial charge in [0.15, 0.2) is 5.78 Å². The third-order valence-electron chi connectivity index (χ3n) is 2.18. The zero-order valence-electron chi connectivity index (χ0n) is 10.2. The Bertz CT molecular complexity index is 570. The Morgan fingerprint density at radius 1 is 1.39 bits per heavy atom. The lowest BCUT2D eigenvalue weighted by molar-refractivity contribution is -0.145. The van der Waals surface area contributed by atoms with Crippen molar-refractivity contribution in [2.24, 2.45) is 0 Å². The molecular weight excluding hydrogens is 240 g/mol. The molecule has 1 aromatic heterocycles. The number of carbonyl (C=O) groups excluding carboxylic acids is 2. The lowest BCUT2D eigenvalue weighted by Crippen LogP contribution is -2.33. The van der Waals surface area contributed by atoms with E-state index in [1.54, 1.807) is 6.92 Å². The highest BCUT2D eigenvalue weighted by molar-refractivity contribution is 5.95. The van der Waals surface area contributed by atoms with Crippen LogP contribution in [0.25, 0.3) is 0 Å². The molecule has 7 nitrogen and oxygen atoms in total. The van der Waals surface area contributed by atoms with E-state index in [2.05, 4.69) is 9.72 Å². The molecule has 0 saturated heterocycles. The van der Waals surface area contributed by atoms with Crippen molar-refractivity contribution in [3.8, 4) is 0 Å². The summed E-state index contributed by atoms with van der Waals surface area (Å²) in [5.41, 5.74) is -0.851. The van der Waals surface area contributed by atoms with E-state index in [1.165, 1.54) is 13.1 Å². The molecule has 0 aliphatic carbocycles. The predicted molar refractivity (Wildman–Crippen MR) is 62.3 cm³/mol. The normalized spacial score (nSPS) is 10.1. The van der Waals surface area contributed by atoms with Gasteiger partial charge >= 0.3 is 11.7 Å². The molecule has 0 radical (unpaired) electrons. The number of hydrogen-bond donors (Lipinski definition) is 1. The second kappa shape index (κ2) is 5.95. The molecule has 7 heteroatoms. The quantitative estimate of drug-likeness (QED) is 0.557. The van der Waals surface area contributed by atoms with Gasteiger partial charge < -0.3 is 4.74 Å². The smallest absolute Gasteiger partial charge is 0.328 e. The fraction of sp³-hybridized carbons (Fsp3) is 0.455. The molecule has 0 bridgehead atoms. The molecule has 0 aliphatic rings. The molecule has 0 fully saturated rings. The molecule has 0 atom stereocenters. The van der Waals surface area contributed by atoms with Crippen LogP contribution in [0.4, 0.5) is 0 Å². The van der Waals surface area contributed by atoms with Gasteiger partial charge in [-0.1, -0.05) is 0 Å². The molecule has 0 unspecified atom stereocenters. The number of ether oxygens (including phenoxy) is 1. The molecule has 1 aromatic rings. The van der Waals surface area contributed by atoms with Gasteiger partial charge in [0.25, 0.3) is 5.56 Å². The number of ketones is 1. The van der Waals surface area contributed by atoms with Crippen molar-refractivity contribution in [1.82, 2.24) is 9.55 Å². The van der Waals surface area contributed by atoms with E-state index in [1.807, 2.05) is 0 Å². The van der Waals surface area contributed by atoms with Gasteiger partial charge in [-0.2, -0.15) is 0 Å². The number of esters is 1. The topological polar surface area (TPSA) is 98.2 Å². The zero-order chi connectivity index (χ0) is 13.7. The Balaban J connectivity index is 2.77. The number of Topliss-reactive ketones (excluding diaryl/α,β-unsaturated/α-hetero) is 1. The average molecular weight is 254 g/mol. The molecule has 1 N–H and O–H groups in total. The molecule has 1 rings (SSSR count). The van der Waals surface area contributed by atoms with Gasteiger partial charge in [-0.25, -0.2) is 4.79 Å². The van der Waals surface area contributed by atoms with Crippen LogP contribution in [0.2, 0.25) is 0 Å². The highest BCUT2D eigenvalue weighted by atomic mass is 16.5. The molecule has 98 valence electrons. The van der Waals surface area contributed by atoms with Crippen LogP contribution < -0.4 is 11.2 Å². The van der Waals surface area contributed by atoms with E-state index in [9.17, 15) is 19.2 Å². The first-order chi connectivity index (χ1) is 8.43. The number of carbonyl (C=O) groups is 2. The van der Waals surface area contributed by atoms with Crippen LogP contribution >= 0.6 is 0 Å². The summed E-state index contributed by atoms with van der Waals surface area (Å²) >= 11 is 0. The maximum Gasteiger partial charge on any atom is 0.328 e. The third kappa shape index (κ3) is 3.69. The number of H-pyrrole nitrogens is 1. The summed E-state index contributed by atoms with van der Waals surface area (Å²) in [6.45, 7) is 3.09. The number of aryl methyl sites for hydroxylation is 1. The van der Waals surface area contributed by atoms with E-state index < -0.39 is 29.4 Å². The molecule has 18 heavy (non-hydrogen) atoms. The first-order valence-electron chi connectivity index (χ1n) is 5.41. The number of rotatable bonds is 5. The largest absolute Gasteiger partial charge is 0.466 e. The number of nitrogens with zero attached hydrogens (tertiary/aromatic N) is 1. The maximum absolute atomic E-state index is 11.5. The highest BCUT2D eigenvalue weighted by Gasteiger charge is 2.12. The van der Waals surface area contributed by atoms with Crippen molar-refractivity contribution >= 4 is 11.8 Å². The maximum atomic E-state index is 11.5. The van der Waals surface area contributed by atoms with E-state index in [0.29, 0.717) is 5.56 Å². The molecule has 1 heterocycles. The summed E-state index contributed by atoms with van der Waals surface area (Å²) in [7, 11) is 0. The van der Waals surface area contributed by atoms with Crippen LogP contribution in [0.3, 0.4) is 0 Å². The first kappa shape index (κ1) is 13.9. The highest BCUT2D eigenvalue weighted by Crippen LogP contribution is 1.92. The second-order valence-electron chi connectivity index (χ2n) is 3.72. The summed E-state index contributed by atoms with van der Waals surface area (Å²) < 4.78 is 5.67. The third-order valence-corrected chi connectivity index (χ3v) is 2.18. The lowest BCUT2D eigenvalue weighted by atomic mass is 10.3. The van der Waals surface area contributed by atoms with E-state index >= 15 is 0 Å². The van der Waals surface area contributed by atoms with Gasteiger partial charge in [0.1, 0.15) is 6.42 Å². The summed E-state index contributed by atoms with van der Waals surface area (Å²) in [5.74, 6) is -1.08. The lowest BCUT2D eigenvalue weighted by Gasteiger charge is -2.05. The summed E-state index contributed by atoms with van der Waals surface area (Å²) in [6, 6.07) is 0. The fourth-order valence-electron chi connectivity index (χ4n) is 1.35. The molecule has 0 aromatic carbocycles. The van der Waals surface area contributed by atoms with Gasteiger partial charge in [-0.05, 0) is 13.8 Å². The van der Waals surface area contributed by atoms with E-state index in [4.69, 9.17) is 0 Å². The predicted octanol–water partition coefficient (Wildman–Crippen LogP) is -0.633. The number of hydrogen-bond acceptors (Lipinski definition) is 5. The molecule has 0 amide bonds. The average Bonchev–Trinajstić information content (AvgIpc) is 2.26. The van der Waals surface area contributed by atoms with E-state index in [-0.39, 0.29) is 13.2 Å². The van der Waals surface area contributed by atoms with Crippen molar-refractivity contribution in [2.75, 3.05) is 6.61 Å². The summed E-state index contributed by atoms with van der Waals surface area (Å²) in [5, 5.41) is 0. The Morgan fingerprint density at radius 3 is 2.67 bits per heavy atom. The van der Waals surface area contributed by atoms with Crippen LogP contribution in [0.1, 0.15) is 18.9 Å². The molecular formula is C11H14N2O5. The van der Waals surface area contributed by atoms with Gasteiger partial charge in [-0.3, -0.25) is 23.9 Å². The minimum absolute atomic E-state index is 0.198. The Hall–Kier alpha value is -2.18. The second-order valence-corrected chi connectivity index (χ2v) is 3.72. The van der Waals surface area contributed by atoms with Crippen molar-refractivity contribution in [2.45, 2.75) is 26.8 Å². The van der Waals surface area contributed by atoms with Crippen molar-refractivity contribution in [3.05, 3.63) is 32.6 Å². The fourth-order valence-corrected chi connectivity index (χ4v) is 1.35. The van der Waals surface area contributed by atoms with Gasteiger partial charge in [0.05, 0.1) is 13.2 Å². The minimum atomic E-state index is -0.678. The zero-order valence-corrected chi connectivity index (χ0v) is 10.2. The van der Waals surface area contributed by atoms with Crippen LogP contribution in [-0.2, 0) is 20.9 Å². The van der Waals surface area contributed by atoms with Gasteiger partial charge in [0, 0.05) is 11.8 Å². The number of nitrogens with one attached hydrogen (secondary N) is 1. The Kier molecular flexibility index (Phi) is 4.59.